The Labute approximate surface area is 214 Å². The molecule has 0 spiro atoms. The summed E-state index contributed by atoms with van der Waals surface area (Å²) in [6.45, 7) is 1.98. The van der Waals surface area contributed by atoms with Gasteiger partial charge in [0.2, 0.25) is 5.95 Å². The van der Waals surface area contributed by atoms with Gasteiger partial charge < -0.3 is 10.4 Å². The summed E-state index contributed by atoms with van der Waals surface area (Å²) in [7, 11) is -3.95. The van der Waals surface area contributed by atoms with Crippen molar-refractivity contribution < 1.29 is 13.5 Å². The zero-order valence-corrected chi connectivity index (χ0v) is 20.8. The number of para-hydroxylation sites is 1. The van der Waals surface area contributed by atoms with Crippen LogP contribution in [0.3, 0.4) is 0 Å². The normalized spacial score (nSPS) is 16.5. The third-order valence-electron chi connectivity index (χ3n) is 6.83. The van der Waals surface area contributed by atoms with Gasteiger partial charge >= 0.3 is 0 Å². The molecule has 0 saturated carbocycles. The molecule has 5 aromatic rings. The van der Waals surface area contributed by atoms with Gasteiger partial charge in [0.25, 0.3) is 10.0 Å². The van der Waals surface area contributed by atoms with Crippen LogP contribution in [0.1, 0.15) is 18.4 Å². The number of rotatable bonds is 7. The number of aromatic nitrogens is 4. The second kappa shape index (κ2) is 9.55. The molecule has 3 aromatic heterocycles. The predicted octanol–water partition coefficient (Wildman–Crippen LogP) is 3.92. The average molecular weight is 515 g/mol. The van der Waals surface area contributed by atoms with Crippen LogP contribution >= 0.6 is 0 Å². The molecule has 188 valence electrons. The van der Waals surface area contributed by atoms with Gasteiger partial charge in [-0.1, -0.05) is 30.3 Å². The predicted molar refractivity (Wildman–Crippen MR) is 142 cm³/mol. The molecule has 0 bridgehead atoms. The van der Waals surface area contributed by atoms with Gasteiger partial charge in [0.15, 0.2) is 5.65 Å². The summed E-state index contributed by atoms with van der Waals surface area (Å²) in [4.78, 5) is 15.6. The van der Waals surface area contributed by atoms with E-state index < -0.39 is 10.0 Å². The van der Waals surface area contributed by atoms with Crippen molar-refractivity contribution in [3.63, 3.8) is 0 Å². The molecule has 0 radical (unpaired) electrons. The molecule has 1 fully saturated rings. The molecule has 2 aromatic carbocycles. The summed E-state index contributed by atoms with van der Waals surface area (Å²) < 4.78 is 28.5. The Morgan fingerprint density at radius 3 is 2.68 bits per heavy atom. The number of benzene rings is 2. The molecule has 6 rings (SSSR count). The molecule has 10 heteroatoms. The Morgan fingerprint density at radius 2 is 1.84 bits per heavy atom. The maximum Gasteiger partial charge on any atom is 0.271 e. The molecular weight excluding hydrogens is 488 g/mol. The van der Waals surface area contributed by atoms with E-state index in [0.717, 1.165) is 42.6 Å². The molecular formula is C27H26N6O3S. The van der Waals surface area contributed by atoms with Crippen molar-refractivity contribution in [1.29, 1.82) is 0 Å². The molecule has 1 aliphatic rings. The first-order valence-corrected chi connectivity index (χ1v) is 13.6. The number of anilines is 2. The Balaban J connectivity index is 1.27. The van der Waals surface area contributed by atoms with Gasteiger partial charge in [0, 0.05) is 47.6 Å². The highest BCUT2D eigenvalue weighted by Gasteiger charge is 2.24. The smallest absolute Gasteiger partial charge is 0.271 e. The van der Waals surface area contributed by atoms with Crippen molar-refractivity contribution in [2.75, 3.05) is 18.5 Å². The number of hydrogen-bond donors (Lipinski definition) is 2. The van der Waals surface area contributed by atoms with Crippen molar-refractivity contribution >= 4 is 43.6 Å². The number of fused-ring (bicyclic) bond motifs is 2. The standard InChI is InChI=1S/C27H26N6O3S/c34-18-23-6-3-14-32(23)17-19-8-10-22(11-9-19)30-27-29-16-21-12-15-33(26(21)31-27)37(35,36)24-7-1-4-20-5-2-13-28-25(20)24/h1-2,4-5,7-13,15-16,23,34H,3,6,14,17-18H2,(H,29,30,31)/t23-/m1/s1. The van der Waals surface area contributed by atoms with E-state index >= 15 is 0 Å². The lowest BCUT2D eigenvalue weighted by Gasteiger charge is -2.22. The number of nitrogens with one attached hydrogen (secondary N) is 1. The Hall–Kier alpha value is -3.86. The van der Waals surface area contributed by atoms with Crippen LogP contribution in [0.15, 0.2) is 84.1 Å². The van der Waals surface area contributed by atoms with Crippen molar-refractivity contribution in [1.82, 2.24) is 23.8 Å². The summed E-state index contributed by atoms with van der Waals surface area (Å²) >= 11 is 0. The fourth-order valence-corrected chi connectivity index (χ4v) is 6.38. The van der Waals surface area contributed by atoms with E-state index in [9.17, 15) is 13.5 Å². The van der Waals surface area contributed by atoms with E-state index in [1.54, 1.807) is 36.7 Å². The lowest BCUT2D eigenvalue weighted by molar-refractivity contribution is 0.153. The first-order valence-electron chi connectivity index (χ1n) is 12.2. The van der Waals surface area contributed by atoms with Gasteiger partial charge in [-0.25, -0.2) is 17.4 Å². The van der Waals surface area contributed by atoms with Crippen molar-refractivity contribution in [3.8, 4) is 0 Å². The minimum atomic E-state index is -3.95. The molecule has 1 aliphatic heterocycles. The Bertz CT molecular complexity index is 1680. The number of nitrogens with zero attached hydrogens (tertiary/aromatic N) is 5. The van der Waals surface area contributed by atoms with Crippen LogP contribution < -0.4 is 5.32 Å². The number of pyridine rings is 1. The Morgan fingerprint density at radius 1 is 1.00 bits per heavy atom. The van der Waals surface area contributed by atoms with Crippen LogP contribution in [-0.2, 0) is 16.6 Å². The molecule has 0 amide bonds. The first kappa shape index (κ1) is 23.5. The quantitative estimate of drug-likeness (QED) is 0.336. The van der Waals surface area contributed by atoms with E-state index in [-0.39, 0.29) is 23.2 Å². The third-order valence-corrected chi connectivity index (χ3v) is 8.53. The number of hydrogen-bond acceptors (Lipinski definition) is 8. The number of aliphatic hydroxyl groups is 1. The highest BCUT2D eigenvalue weighted by Crippen LogP contribution is 2.27. The van der Waals surface area contributed by atoms with Crippen LogP contribution in [0.5, 0.6) is 0 Å². The molecule has 4 heterocycles. The summed E-state index contributed by atoms with van der Waals surface area (Å²) in [5, 5.41) is 14.1. The van der Waals surface area contributed by atoms with E-state index in [1.165, 1.54) is 10.2 Å². The van der Waals surface area contributed by atoms with Crippen LogP contribution in [0.2, 0.25) is 0 Å². The van der Waals surface area contributed by atoms with Gasteiger partial charge in [0.1, 0.15) is 4.90 Å². The molecule has 0 unspecified atom stereocenters. The summed E-state index contributed by atoms with van der Waals surface area (Å²) in [6, 6.07) is 18.6. The van der Waals surface area contributed by atoms with Crippen LogP contribution in [0.4, 0.5) is 11.6 Å². The number of aliphatic hydroxyl groups excluding tert-OH is 1. The minimum Gasteiger partial charge on any atom is -0.395 e. The van der Waals surface area contributed by atoms with Gasteiger partial charge in [-0.05, 0) is 55.3 Å². The second-order valence-electron chi connectivity index (χ2n) is 9.19. The summed E-state index contributed by atoms with van der Waals surface area (Å²) in [6.07, 6.45) is 6.83. The zero-order chi connectivity index (χ0) is 25.4. The topological polar surface area (TPSA) is 113 Å². The second-order valence-corrected chi connectivity index (χ2v) is 11.0. The lowest BCUT2D eigenvalue weighted by Crippen LogP contribution is -2.31. The SMILES string of the molecule is O=S(=O)(c1cccc2cccnc12)n1ccc2cnc(Nc3ccc(CN4CCC[C@@H]4CO)cc3)nc21. The monoisotopic (exact) mass is 514 g/mol. The first-order chi connectivity index (χ1) is 18.0. The molecule has 1 saturated heterocycles. The zero-order valence-electron chi connectivity index (χ0n) is 20.0. The minimum absolute atomic E-state index is 0.119. The van der Waals surface area contributed by atoms with Crippen LogP contribution in [0.25, 0.3) is 21.9 Å². The highest BCUT2D eigenvalue weighted by atomic mass is 32.2. The van der Waals surface area contributed by atoms with Crippen LogP contribution in [0, 0.1) is 0 Å². The third kappa shape index (κ3) is 4.43. The van der Waals surface area contributed by atoms with E-state index in [2.05, 4.69) is 25.2 Å². The summed E-state index contributed by atoms with van der Waals surface area (Å²) in [5.41, 5.74) is 2.65. The van der Waals surface area contributed by atoms with E-state index in [0.29, 0.717) is 16.9 Å². The fraction of sp³-hybridized carbons (Fsp3) is 0.222. The van der Waals surface area contributed by atoms with Gasteiger partial charge in [-0.2, -0.15) is 4.98 Å². The Kier molecular flexibility index (Phi) is 6.07. The molecule has 0 aliphatic carbocycles. The van der Waals surface area contributed by atoms with Gasteiger partial charge in [-0.15, -0.1) is 0 Å². The maximum atomic E-state index is 13.6. The molecule has 9 nitrogen and oxygen atoms in total. The molecule has 37 heavy (non-hydrogen) atoms. The largest absolute Gasteiger partial charge is 0.395 e. The molecule has 1 atom stereocenters. The summed E-state index contributed by atoms with van der Waals surface area (Å²) in [5.74, 6) is 0.298. The molecule has 2 N–H and O–H groups in total. The maximum absolute atomic E-state index is 13.6. The van der Waals surface area contributed by atoms with E-state index in [4.69, 9.17) is 0 Å². The van der Waals surface area contributed by atoms with Crippen molar-refractivity contribution in [2.24, 2.45) is 0 Å². The average Bonchev–Trinajstić information content (AvgIpc) is 3.56. The van der Waals surface area contributed by atoms with Crippen LogP contribution in [-0.4, -0.2) is 56.5 Å². The van der Waals surface area contributed by atoms with Crippen molar-refractivity contribution in [2.45, 2.75) is 30.3 Å². The van der Waals surface area contributed by atoms with Gasteiger partial charge in [0.05, 0.1) is 12.1 Å². The van der Waals surface area contributed by atoms with E-state index in [1.807, 2.05) is 36.4 Å². The van der Waals surface area contributed by atoms with Crippen molar-refractivity contribution in [3.05, 3.63) is 84.8 Å². The highest BCUT2D eigenvalue weighted by molar-refractivity contribution is 7.90. The van der Waals surface area contributed by atoms with Gasteiger partial charge in [-0.3, -0.25) is 9.88 Å². The fourth-order valence-electron chi connectivity index (χ4n) is 4.91. The lowest BCUT2D eigenvalue weighted by atomic mass is 10.1. The number of likely N-dealkylation sites (tertiary alicyclic amines) is 1.